The average molecular weight is 338 g/mol. The Kier molecular flexibility index (Phi) is 6.11. The number of carbonyl (C=O) groups is 3. The number of alkyl halides is 1. The minimum atomic E-state index is -1.29. The van der Waals surface area contributed by atoms with Crippen LogP contribution in [0.2, 0.25) is 0 Å². The Bertz CT molecular complexity index is 595. The predicted molar refractivity (Wildman–Crippen MR) is 81.7 cm³/mol. The molecule has 1 aliphatic heterocycles. The zero-order valence-corrected chi connectivity index (χ0v) is 13.2. The number of amides is 2. The third-order valence-corrected chi connectivity index (χ3v) is 3.64. The number of methoxy groups -OCH3 is 1. The fraction of sp³-hybridized carbons (Fsp3) is 0.438. The molecule has 1 fully saturated rings. The molecule has 7 nitrogen and oxygen atoms in total. The molecular formula is C16H19FN2O5. The molecular weight excluding hydrogens is 319 g/mol. The maximum absolute atomic E-state index is 13.5. The molecule has 8 heteroatoms. The van der Waals surface area contributed by atoms with Crippen molar-refractivity contribution in [1.29, 1.82) is 0 Å². The van der Waals surface area contributed by atoms with Crippen molar-refractivity contribution in [3.8, 4) is 0 Å². The minimum Gasteiger partial charge on any atom is -0.467 e. The molecule has 130 valence electrons. The van der Waals surface area contributed by atoms with Gasteiger partial charge < -0.3 is 19.7 Å². The van der Waals surface area contributed by atoms with Gasteiger partial charge in [0, 0.05) is 6.42 Å². The van der Waals surface area contributed by atoms with Crippen LogP contribution in [0.15, 0.2) is 30.3 Å². The standard InChI is InChI=1S/C16H19FN2O5/c1-23-15(21)13-7-12(17)9-19(13)14(20)8-18-16(22)24-10-11-5-3-2-4-6-11/h2-6,12-13H,7-10H2,1H3,(H,18,22)/t12-,13-/m0/s1. The van der Waals surface area contributed by atoms with Gasteiger partial charge in [-0.25, -0.2) is 14.0 Å². The highest BCUT2D eigenvalue weighted by atomic mass is 19.1. The van der Waals surface area contributed by atoms with Gasteiger partial charge in [-0.05, 0) is 5.56 Å². The number of carbonyl (C=O) groups excluding carboxylic acids is 3. The van der Waals surface area contributed by atoms with Crippen molar-refractivity contribution in [2.24, 2.45) is 0 Å². The fourth-order valence-electron chi connectivity index (χ4n) is 2.44. The lowest BCUT2D eigenvalue weighted by Crippen LogP contribution is -2.46. The highest BCUT2D eigenvalue weighted by molar-refractivity contribution is 5.88. The largest absolute Gasteiger partial charge is 0.467 e. The molecule has 1 aromatic rings. The van der Waals surface area contributed by atoms with Crippen LogP contribution in [0.1, 0.15) is 12.0 Å². The van der Waals surface area contributed by atoms with Crippen molar-refractivity contribution in [1.82, 2.24) is 10.2 Å². The lowest BCUT2D eigenvalue weighted by atomic mass is 10.2. The summed E-state index contributed by atoms with van der Waals surface area (Å²) in [5, 5.41) is 2.29. The van der Waals surface area contributed by atoms with E-state index in [0.29, 0.717) is 0 Å². The van der Waals surface area contributed by atoms with Gasteiger partial charge in [0.05, 0.1) is 13.7 Å². The van der Waals surface area contributed by atoms with Crippen LogP contribution in [0, 0.1) is 0 Å². The zero-order chi connectivity index (χ0) is 17.5. The maximum Gasteiger partial charge on any atom is 0.407 e. The summed E-state index contributed by atoms with van der Waals surface area (Å²) in [6.45, 7) is -0.505. The molecule has 1 heterocycles. The second-order valence-electron chi connectivity index (χ2n) is 5.33. The summed E-state index contributed by atoms with van der Waals surface area (Å²) in [5.41, 5.74) is 0.810. The number of esters is 1. The summed E-state index contributed by atoms with van der Waals surface area (Å²) in [6.07, 6.45) is -2.16. The second kappa shape index (κ2) is 8.28. The van der Waals surface area contributed by atoms with Crippen molar-refractivity contribution in [3.63, 3.8) is 0 Å². The summed E-state index contributed by atoms with van der Waals surface area (Å²) in [7, 11) is 1.18. The molecule has 0 aliphatic carbocycles. The first-order valence-electron chi connectivity index (χ1n) is 7.47. The number of hydrogen-bond donors (Lipinski definition) is 1. The van der Waals surface area contributed by atoms with Crippen molar-refractivity contribution in [2.45, 2.75) is 25.2 Å². The number of hydrogen-bond acceptors (Lipinski definition) is 5. The fourth-order valence-corrected chi connectivity index (χ4v) is 2.44. The van der Waals surface area contributed by atoms with E-state index in [2.05, 4.69) is 10.1 Å². The van der Waals surface area contributed by atoms with Crippen molar-refractivity contribution >= 4 is 18.0 Å². The molecule has 1 aromatic carbocycles. The Hall–Kier alpha value is -2.64. The van der Waals surface area contributed by atoms with Crippen molar-refractivity contribution < 1.29 is 28.2 Å². The summed E-state index contributed by atoms with van der Waals surface area (Å²) >= 11 is 0. The first kappa shape index (κ1) is 17.7. The third-order valence-electron chi connectivity index (χ3n) is 3.64. The lowest BCUT2D eigenvalue weighted by molar-refractivity contribution is -0.150. The Labute approximate surface area is 138 Å². The molecule has 0 unspecified atom stereocenters. The topological polar surface area (TPSA) is 84.9 Å². The van der Waals surface area contributed by atoms with E-state index in [0.717, 1.165) is 10.5 Å². The molecule has 0 spiro atoms. The first-order valence-corrected chi connectivity index (χ1v) is 7.47. The molecule has 1 aliphatic rings. The number of ether oxygens (including phenoxy) is 2. The van der Waals surface area contributed by atoms with Crippen LogP contribution >= 0.6 is 0 Å². The molecule has 0 bridgehead atoms. The van der Waals surface area contributed by atoms with Gasteiger partial charge in [-0.15, -0.1) is 0 Å². The summed E-state index contributed by atoms with van der Waals surface area (Å²) < 4.78 is 23.0. The second-order valence-corrected chi connectivity index (χ2v) is 5.33. The highest BCUT2D eigenvalue weighted by Crippen LogP contribution is 2.21. The Balaban J connectivity index is 1.79. The average Bonchev–Trinajstić information content (AvgIpc) is 3.00. The minimum absolute atomic E-state index is 0.0713. The summed E-state index contributed by atoms with van der Waals surface area (Å²) in [5.74, 6) is -1.24. The Morgan fingerprint density at radius 2 is 2.00 bits per heavy atom. The molecule has 0 radical (unpaired) electrons. The number of halogens is 1. The highest BCUT2D eigenvalue weighted by Gasteiger charge is 2.40. The van der Waals surface area contributed by atoms with Gasteiger partial charge in [0.2, 0.25) is 5.91 Å². The number of rotatable bonds is 5. The predicted octanol–water partition coefficient (Wildman–Crippen LogP) is 1.02. The first-order chi connectivity index (χ1) is 11.5. The van der Waals surface area contributed by atoms with E-state index in [1.54, 1.807) is 12.1 Å². The number of nitrogens with one attached hydrogen (secondary N) is 1. The van der Waals surface area contributed by atoms with Crippen LogP contribution in [0.3, 0.4) is 0 Å². The Morgan fingerprint density at radius 1 is 1.29 bits per heavy atom. The van der Waals surface area contributed by atoms with Gasteiger partial charge in [-0.3, -0.25) is 4.79 Å². The van der Waals surface area contributed by atoms with E-state index in [4.69, 9.17) is 4.74 Å². The van der Waals surface area contributed by atoms with Crippen molar-refractivity contribution in [3.05, 3.63) is 35.9 Å². The Morgan fingerprint density at radius 3 is 2.67 bits per heavy atom. The van der Waals surface area contributed by atoms with E-state index >= 15 is 0 Å². The number of nitrogens with zero attached hydrogens (tertiary/aromatic N) is 1. The van der Waals surface area contributed by atoms with Crippen LogP contribution in [0.5, 0.6) is 0 Å². The van der Waals surface area contributed by atoms with Crippen LogP contribution in [-0.4, -0.2) is 55.3 Å². The number of alkyl carbamates (subject to hydrolysis) is 1. The molecule has 2 rings (SSSR count). The van der Waals surface area contributed by atoms with E-state index in [1.807, 2.05) is 18.2 Å². The molecule has 2 amide bonds. The van der Waals surface area contributed by atoms with E-state index in [1.165, 1.54) is 7.11 Å². The van der Waals surface area contributed by atoms with Crippen LogP contribution in [0.4, 0.5) is 9.18 Å². The third kappa shape index (κ3) is 4.68. The molecule has 24 heavy (non-hydrogen) atoms. The summed E-state index contributed by atoms with van der Waals surface area (Å²) in [4.78, 5) is 36.3. The monoisotopic (exact) mass is 338 g/mol. The molecule has 0 saturated carbocycles. The molecule has 2 atom stereocenters. The van der Waals surface area contributed by atoms with Crippen molar-refractivity contribution in [2.75, 3.05) is 20.2 Å². The van der Waals surface area contributed by atoms with Crippen LogP contribution in [-0.2, 0) is 25.7 Å². The molecule has 1 N–H and O–H groups in total. The maximum atomic E-state index is 13.5. The van der Waals surface area contributed by atoms with Gasteiger partial charge in [-0.1, -0.05) is 30.3 Å². The number of benzene rings is 1. The van der Waals surface area contributed by atoms with E-state index in [-0.39, 0.29) is 26.1 Å². The van der Waals surface area contributed by atoms with Gasteiger partial charge in [0.15, 0.2) is 0 Å². The van der Waals surface area contributed by atoms with Crippen LogP contribution < -0.4 is 5.32 Å². The van der Waals surface area contributed by atoms with Gasteiger partial charge in [-0.2, -0.15) is 0 Å². The molecule has 0 aromatic heterocycles. The quantitative estimate of drug-likeness (QED) is 0.811. The lowest BCUT2D eigenvalue weighted by Gasteiger charge is -2.22. The summed E-state index contributed by atoms with van der Waals surface area (Å²) in [6, 6.07) is 8.10. The van der Waals surface area contributed by atoms with Gasteiger partial charge >= 0.3 is 12.1 Å². The molecule has 1 saturated heterocycles. The van der Waals surface area contributed by atoms with Gasteiger partial charge in [0.25, 0.3) is 0 Å². The van der Waals surface area contributed by atoms with Gasteiger partial charge in [0.1, 0.15) is 25.4 Å². The van der Waals surface area contributed by atoms with E-state index in [9.17, 15) is 18.8 Å². The smallest absolute Gasteiger partial charge is 0.407 e. The normalized spacial score (nSPS) is 19.7. The SMILES string of the molecule is COC(=O)[C@@H]1C[C@H](F)CN1C(=O)CNC(=O)OCc1ccccc1. The van der Waals surface area contributed by atoms with Crippen LogP contribution in [0.25, 0.3) is 0 Å². The zero-order valence-electron chi connectivity index (χ0n) is 13.2. The van der Waals surface area contributed by atoms with E-state index < -0.39 is 30.2 Å². The number of likely N-dealkylation sites (tertiary alicyclic amines) is 1.